The molecule has 4 rings (SSSR count). The van der Waals surface area contributed by atoms with E-state index in [2.05, 4.69) is 111 Å². The molecule has 0 saturated heterocycles. The Balaban J connectivity index is 1.78. The highest BCUT2D eigenvalue weighted by molar-refractivity contribution is 7.95. The summed E-state index contributed by atoms with van der Waals surface area (Å²) in [5.41, 5.74) is 0. The van der Waals surface area contributed by atoms with Crippen LogP contribution in [0.3, 0.4) is 0 Å². The highest BCUT2D eigenvalue weighted by Crippen LogP contribution is 2.56. The Labute approximate surface area is 196 Å². The zero-order chi connectivity index (χ0) is 22.4. The molecule has 1 nitrogen and oxygen atoms in total. The molecule has 0 aromatic heterocycles. The quantitative estimate of drug-likeness (QED) is 0.252. The van der Waals surface area contributed by atoms with Gasteiger partial charge in [-0.2, -0.15) is 0 Å². The molecule has 0 unspecified atom stereocenters. The minimum Gasteiger partial charge on any atom is -0.414 e. The van der Waals surface area contributed by atoms with Crippen molar-refractivity contribution in [3.05, 3.63) is 91.0 Å². The molecule has 1 aliphatic rings. The van der Waals surface area contributed by atoms with E-state index in [0.717, 1.165) is 18.5 Å². The maximum Gasteiger partial charge on any atom is 0.184 e. The van der Waals surface area contributed by atoms with E-state index in [1.54, 1.807) is 0 Å². The van der Waals surface area contributed by atoms with Gasteiger partial charge in [0.25, 0.3) is 0 Å². The minimum atomic E-state index is -1.78. The number of benzene rings is 3. The van der Waals surface area contributed by atoms with E-state index in [4.69, 9.17) is 4.43 Å². The monoisotopic (exact) mass is 461 g/mol. The zero-order valence-corrected chi connectivity index (χ0v) is 21.8. The number of hydrogen-bond donors (Lipinski definition) is 0. The largest absolute Gasteiger partial charge is 0.414 e. The molecule has 1 aliphatic carbocycles. The Hall–Kier alpha value is -1.73. The van der Waals surface area contributed by atoms with Gasteiger partial charge in [0.1, 0.15) is 23.2 Å². The Kier molecular flexibility index (Phi) is 7.66. The van der Waals surface area contributed by atoms with Crippen LogP contribution in [0, 0.1) is 5.92 Å². The van der Waals surface area contributed by atoms with Crippen LogP contribution in [-0.2, 0) is 4.43 Å². The lowest BCUT2D eigenvalue weighted by Crippen LogP contribution is -2.39. The van der Waals surface area contributed by atoms with Gasteiger partial charge >= 0.3 is 0 Å². The molecule has 1 fully saturated rings. The van der Waals surface area contributed by atoms with Gasteiger partial charge in [0.15, 0.2) is 8.32 Å². The molecule has 3 aromatic carbocycles. The third-order valence-electron chi connectivity index (χ3n) is 6.77. The first-order valence-electron chi connectivity index (χ1n) is 12.2. The molecule has 168 valence electrons. The average Bonchev–Trinajstić information content (AvgIpc) is 3.35. The molecular weight excluding hydrogens is 423 g/mol. The molecule has 1 atom stereocenters. The van der Waals surface area contributed by atoms with Crippen LogP contribution in [0.15, 0.2) is 91.0 Å². The molecule has 0 heterocycles. The average molecular weight is 462 g/mol. The van der Waals surface area contributed by atoms with Crippen molar-refractivity contribution >= 4 is 31.5 Å². The van der Waals surface area contributed by atoms with Crippen molar-refractivity contribution in [2.45, 2.75) is 57.8 Å². The summed E-state index contributed by atoms with van der Waals surface area (Å²) in [4.78, 5) is 0. The molecule has 0 aliphatic heterocycles. The first-order chi connectivity index (χ1) is 15.5. The van der Waals surface area contributed by atoms with Gasteiger partial charge in [0, 0.05) is 6.42 Å². The zero-order valence-electron chi connectivity index (χ0n) is 19.9. The summed E-state index contributed by atoms with van der Waals surface area (Å²) < 4.78 is 6.88. The molecule has 1 saturated carbocycles. The van der Waals surface area contributed by atoms with E-state index in [1.165, 1.54) is 41.6 Å². The summed E-state index contributed by atoms with van der Waals surface area (Å²) >= 11 is 0. The molecule has 3 aromatic rings. The van der Waals surface area contributed by atoms with Crippen LogP contribution < -0.4 is 15.9 Å². The summed E-state index contributed by atoms with van der Waals surface area (Å²) in [6.07, 6.45) is 8.10. The summed E-state index contributed by atoms with van der Waals surface area (Å²) in [5, 5.41) is 4.45. The minimum absolute atomic E-state index is 0.389. The van der Waals surface area contributed by atoms with E-state index in [1.807, 2.05) is 0 Å². The van der Waals surface area contributed by atoms with Crippen molar-refractivity contribution in [3.8, 4) is 0 Å². The SMILES string of the molecule is C[Si](C)(C)O[C@H](CC[P+](c1ccccc1)(c1ccccc1)c1ccccc1)C1CCCC1. The predicted molar refractivity (Wildman–Crippen MR) is 145 cm³/mol. The van der Waals surface area contributed by atoms with Crippen LogP contribution in [0.25, 0.3) is 0 Å². The van der Waals surface area contributed by atoms with Crippen LogP contribution in [0.2, 0.25) is 19.6 Å². The number of hydrogen-bond acceptors (Lipinski definition) is 1. The highest BCUT2D eigenvalue weighted by Gasteiger charge is 2.46. The van der Waals surface area contributed by atoms with Crippen LogP contribution in [-0.4, -0.2) is 20.6 Å². The smallest absolute Gasteiger partial charge is 0.184 e. The van der Waals surface area contributed by atoms with Crippen molar-refractivity contribution in [2.24, 2.45) is 5.92 Å². The molecule has 3 heteroatoms. The van der Waals surface area contributed by atoms with Crippen LogP contribution in [0.4, 0.5) is 0 Å². The van der Waals surface area contributed by atoms with Crippen molar-refractivity contribution < 1.29 is 4.43 Å². The summed E-state index contributed by atoms with van der Waals surface area (Å²) in [6, 6.07) is 33.8. The molecule has 0 radical (unpaired) electrons. The van der Waals surface area contributed by atoms with E-state index >= 15 is 0 Å². The van der Waals surface area contributed by atoms with Crippen LogP contribution >= 0.6 is 7.26 Å². The third-order valence-corrected chi connectivity index (χ3v) is 12.2. The third kappa shape index (κ3) is 5.42. The van der Waals surface area contributed by atoms with E-state index in [-0.39, 0.29) is 0 Å². The van der Waals surface area contributed by atoms with Crippen molar-refractivity contribution in [1.29, 1.82) is 0 Å². The molecule has 0 amide bonds. The van der Waals surface area contributed by atoms with Gasteiger partial charge < -0.3 is 4.43 Å². The fraction of sp³-hybridized carbons (Fsp3) is 0.379. The Bertz CT molecular complexity index is 850. The van der Waals surface area contributed by atoms with E-state index < -0.39 is 15.6 Å². The van der Waals surface area contributed by atoms with Gasteiger partial charge in [0.05, 0.1) is 12.3 Å². The second kappa shape index (κ2) is 10.5. The fourth-order valence-corrected chi connectivity index (χ4v) is 10.9. The van der Waals surface area contributed by atoms with Gasteiger partial charge in [-0.15, -0.1) is 0 Å². The van der Waals surface area contributed by atoms with Gasteiger partial charge in [-0.3, -0.25) is 0 Å². The van der Waals surface area contributed by atoms with E-state index in [9.17, 15) is 0 Å². The molecule has 0 spiro atoms. The summed E-state index contributed by atoms with van der Waals surface area (Å²) in [6.45, 7) is 7.05. The Morgan fingerprint density at radius 3 is 1.50 bits per heavy atom. The molecular formula is C29H38OPSi+. The van der Waals surface area contributed by atoms with Crippen molar-refractivity contribution in [1.82, 2.24) is 0 Å². The normalized spacial score (nSPS) is 16.2. The fourth-order valence-electron chi connectivity index (χ4n) is 5.38. The van der Waals surface area contributed by atoms with Gasteiger partial charge in [-0.25, -0.2) is 0 Å². The van der Waals surface area contributed by atoms with Gasteiger partial charge in [-0.05, 0) is 74.8 Å². The maximum atomic E-state index is 6.88. The van der Waals surface area contributed by atoms with Gasteiger partial charge in [0.2, 0.25) is 0 Å². The summed E-state index contributed by atoms with van der Waals surface area (Å²) in [5.74, 6) is 0.728. The highest BCUT2D eigenvalue weighted by atomic mass is 31.2. The van der Waals surface area contributed by atoms with Crippen molar-refractivity contribution in [2.75, 3.05) is 6.16 Å². The second-order valence-corrected chi connectivity index (χ2v) is 18.2. The second-order valence-electron chi connectivity index (χ2n) is 10.1. The standard InChI is InChI=1S/C29H38OPSi/c1-32(2,3)30-29(25-15-13-14-16-25)23-24-31(26-17-7-4-8-18-26,27-19-9-5-10-20-27)28-21-11-6-12-22-28/h4-12,17-22,25,29H,13-16,23-24H2,1-3H3/q+1/t29-/m1/s1. The van der Waals surface area contributed by atoms with Crippen LogP contribution in [0.1, 0.15) is 32.1 Å². The predicted octanol–water partition coefficient (Wildman–Crippen LogP) is 6.78. The molecule has 0 N–H and O–H groups in total. The molecule has 0 bridgehead atoms. The van der Waals surface area contributed by atoms with Crippen LogP contribution in [0.5, 0.6) is 0 Å². The summed E-state index contributed by atoms with van der Waals surface area (Å²) in [7, 11) is -3.39. The van der Waals surface area contributed by atoms with Gasteiger partial charge in [-0.1, -0.05) is 67.4 Å². The maximum absolute atomic E-state index is 6.88. The first-order valence-corrected chi connectivity index (χ1v) is 17.6. The topological polar surface area (TPSA) is 9.23 Å². The Morgan fingerprint density at radius 1 is 0.719 bits per heavy atom. The lowest BCUT2D eigenvalue weighted by Gasteiger charge is -2.34. The Morgan fingerprint density at radius 2 is 1.12 bits per heavy atom. The van der Waals surface area contributed by atoms with Crippen molar-refractivity contribution in [3.63, 3.8) is 0 Å². The lowest BCUT2D eigenvalue weighted by atomic mass is 9.99. The van der Waals surface area contributed by atoms with E-state index in [0.29, 0.717) is 6.10 Å². The lowest BCUT2D eigenvalue weighted by molar-refractivity contribution is 0.125. The molecule has 32 heavy (non-hydrogen) atoms. The number of rotatable bonds is 9. The first kappa shape index (κ1) is 23.4.